The van der Waals surface area contributed by atoms with Crippen LogP contribution in [0.3, 0.4) is 0 Å². The van der Waals surface area contributed by atoms with Crippen LogP contribution in [0.15, 0.2) is 22.8 Å². The molecule has 1 unspecified atom stereocenters. The van der Waals surface area contributed by atoms with E-state index in [-0.39, 0.29) is 11.8 Å². The largest absolute Gasteiger partial charge is 0.461 e. The van der Waals surface area contributed by atoms with Crippen molar-refractivity contribution in [1.82, 2.24) is 20.2 Å². The van der Waals surface area contributed by atoms with Gasteiger partial charge in [-0.15, -0.1) is 10.2 Å². The molecule has 0 amide bonds. The summed E-state index contributed by atoms with van der Waals surface area (Å²) in [6.07, 6.45) is 1.95. The molecule has 6 nitrogen and oxygen atoms in total. The number of Topliss-reactive ketones (excluding diaryl/α,β-unsaturated/α-hetero) is 1. The van der Waals surface area contributed by atoms with Gasteiger partial charge in [0, 0.05) is 6.42 Å². The molecule has 1 atom stereocenters. The first-order chi connectivity index (χ1) is 7.66. The van der Waals surface area contributed by atoms with Crippen molar-refractivity contribution in [3.63, 3.8) is 0 Å². The summed E-state index contributed by atoms with van der Waals surface area (Å²) in [6.45, 7) is 3.41. The van der Waals surface area contributed by atoms with Gasteiger partial charge in [0.25, 0.3) is 0 Å². The third-order valence-corrected chi connectivity index (χ3v) is 2.15. The number of carbonyl (C=O) groups excluding carboxylic acids is 1. The van der Waals surface area contributed by atoms with Crippen molar-refractivity contribution >= 4 is 5.78 Å². The molecule has 0 N–H and O–H groups in total. The first kappa shape index (κ1) is 10.5. The summed E-state index contributed by atoms with van der Waals surface area (Å²) in [5.41, 5.74) is 0. The lowest BCUT2D eigenvalue weighted by atomic mass is 10.2. The summed E-state index contributed by atoms with van der Waals surface area (Å²) >= 11 is 0. The molecule has 0 fully saturated rings. The third kappa shape index (κ3) is 2.16. The highest BCUT2D eigenvalue weighted by Gasteiger charge is 2.13. The van der Waals surface area contributed by atoms with Gasteiger partial charge in [-0.1, -0.05) is 0 Å². The average Bonchev–Trinajstić information content (AvgIpc) is 2.87. The fraction of sp³-hybridized carbons (Fsp3) is 0.400. The molecule has 2 aromatic heterocycles. The van der Waals surface area contributed by atoms with E-state index in [4.69, 9.17) is 4.42 Å². The van der Waals surface area contributed by atoms with Crippen LogP contribution in [0.4, 0.5) is 0 Å². The fourth-order valence-corrected chi connectivity index (χ4v) is 1.41. The monoisotopic (exact) mass is 220 g/mol. The molecule has 0 bridgehead atoms. The molecule has 0 saturated heterocycles. The van der Waals surface area contributed by atoms with Gasteiger partial charge in [0.05, 0.1) is 12.3 Å². The summed E-state index contributed by atoms with van der Waals surface area (Å²) in [6, 6.07) is 3.43. The molecule has 2 aromatic rings. The Morgan fingerprint density at radius 2 is 2.44 bits per heavy atom. The first-order valence-corrected chi connectivity index (χ1v) is 4.99. The quantitative estimate of drug-likeness (QED) is 0.780. The maximum absolute atomic E-state index is 11.0. The van der Waals surface area contributed by atoms with Crippen molar-refractivity contribution < 1.29 is 9.21 Å². The van der Waals surface area contributed by atoms with E-state index in [1.165, 1.54) is 4.80 Å². The molecule has 0 aliphatic heterocycles. The summed E-state index contributed by atoms with van der Waals surface area (Å²) in [7, 11) is 0. The van der Waals surface area contributed by atoms with E-state index in [1.807, 2.05) is 6.92 Å². The zero-order chi connectivity index (χ0) is 11.5. The summed E-state index contributed by atoms with van der Waals surface area (Å²) in [4.78, 5) is 12.4. The lowest BCUT2D eigenvalue weighted by Gasteiger charge is -2.05. The molecule has 16 heavy (non-hydrogen) atoms. The zero-order valence-electron chi connectivity index (χ0n) is 9.12. The van der Waals surface area contributed by atoms with Crippen LogP contribution in [-0.2, 0) is 4.79 Å². The Morgan fingerprint density at radius 3 is 3.06 bits per heavy atom. The second kappa shape index (κ2) is 4.26. The lowest BCUT2D eigenvalue weighted by Crippen LogP contribution is -2.12. The molecule has 6 heteroatoms. The maximum atomic E-state index is 11.0. The highest BCUT2D eigenvalue weighted by molar-refractivity contribution is 5.75. The molecule has 84 valence electrons. The zero-order valence-corrected chi connectivity index (χ0v) is 9.12. The molecule has 0 aromatic carbocycles. The van der Waals surface area contributed by atoms with E-state index in [0.29, 0.717) is 18.0 Å². The SMILES string of the molecule is CC(=O)CC(C)n1nnc(-c2ccco2)n1. The van der Waals surface area contributed by atoms with Gasteiger partial charge in [0.2, 0.25) is 5.82 Å². The van der Waals surface area contributed by atoms with Gasteiger partial charge in [-0.3, -0.25) is 4.79 Å². The van der Waals surface area contributed by atoms with Crippen LogP contribution in [-0.4, -0.2) is 26.0 Å². The predicted molar refractivity (Wildman–Crippen MR) is 55.5 cm³/mol. The smallest absolute Gasteiger partial charge is 0.240 e. The van der Waals surface area contributed by atoms with Crippen molar-refractivity contribution in [3.8, 4) is 11.6 Å². The maximum Gasteiger partial charge on any atom is 0.240 e. The van der Waals surface area contributed by atoms with Gasteiger partial charge in [-0.05, 0) is 31.2 Å². The van der Waals surface area contributed by atoms with E-state index in [0.717, 1.165) is 0 Å². The second-order valence-electron chi connectivity index (χ2n) is 3.67. The minimum absolute atomic E-state index is 0.0892. The molecule has 2 heterocycles. The second-order valence-corrected chi connectivity index (χ2v) is 3.67. The Kier molecular flexibility index (Phi) is 2.80. The van der Waals surface area contributed by atoms with E-state index < -0.39 is 0 Å². The number of ketones is 1. The summed E-state index contributed by atoms with van der Waals surface area (Å²) in [5.74, 6) is 1.10. The first-order valence-electron chi connectivity index (χ1n) is 4.99. The van der Waals surface area contributed by atoms with Crippen molar-refractivity contribution in [3.05, 3.63) is 18.4 Å². The number of carbonyl (C=O) groups is 1. The molecule has 0 saturated carbocycles. The number of nitrogens with zero attached hydrogens (tertiary/aromatic N) is 4. The van der Waals surface area contributed by atoms with E-state index >= 15 is 0 Å². The molecular weight excluding hydrogens is 208 g/mol. The Labute approximate surface area is 92.3 Å². The van der Waals surface area contributed by atoms with Crippen LogP contribution >= 0.6 is 0 Å². The van der Waals surface area contributed by atoms with Crippen molar-refractivity contribution in [1.29, 1.82) is 0 Å². The number of furan rings is 1. The summed E-state index contributed by atoms with van der Waals surface area (Å²) in [5, 5.41) is 11.9. The van der Waals surface area contributed by atoms with Crippen LogP contribution in [0.25, 0.3) is 11.6 Å². The lowest BCUT2D eigenvalue weighted by molar-refractivity contribution is -0.117. The highest BCUT2D eigenvalue weighted by Crippen LogP contribution is 2.15. The topological polar surface area (TPSA) is 73.8 Å². The van der Waals surface area contributed by atoms with E-state index in [2.05, 4.69) is 15.4 Å². The molecular formula is C10H12N4O2. The van der Waals surface area contributed by atoms with Crippen molar-refractivity contribution in [2.45, 2.75) is 26.3 Å². The van der Waals surface area contributed by atoms with Gasteiger partial charge in [0.15, 0.2) is 5.76 Å². The number of tetrazole rings is 1. The minimum Gasteiger partial charge on any atom is -0.461 e. The van der Waals surface area contributed by atoms with Gasteiger partial charge in [-0.25, -0.2) is 0 Å². The van der Waals surface area contributed by atoms with Crippen LogP contribution in [0.2, 0.25) is 0 Å². The van der Waals surface area contributed by atoms with E-state index in [9.17, 15) is 4.79 Å². The Hall–Kier alpha value is -1.98. The standard InChI is InChI=1S/C10H12N4O2/c1-7(6-8(2)15)14-12-10(11-13-14)9-4-3-5-16-9/h3-5,7H,6H2,1-2H3. The van der Waals surface area contributed by atoms with Gasteiger partial charge >= 0.3 is 0 Å². The van der Waals surface area contributed by atoms with Crippen LogP contribution in [0, 0.1) is 0 Å². The Bertz CT molecular complexity index is 475. The van der Waals surface area contributed by atoms with Crippen molar-refractivity contribution in [2.75, 3.05) is 0 Å². The molecule has 0 radical (unpaired) electrons. The molecule has 0 spiro atoms. The Morgan fingerprint density at radius 1 is 1.62 bits per heavy atom. The van der Waals surface area contributed by atoms with Crippen LogP contribution < -0.4 is 0 Å². The molecule has 2 rings (SSSR count). The van der Waals surface area contributed by atoms with Crippen LogP contribution in [0.5, 0.6) is 0 Å². The molecule has 0 aliphatic carbocycles. The minimum atomic E-state index is -0.0892. The van der Waals surface area contributed by atoms with Gasteiger partial charge in [-0.2, -0.15) is 4.80 Å². The highest BCUT2D eigenvalue weighted by atomic mass is 16.3. The summed E-state index contributed by atoms with van der Waals surface area (Å²) < 4.78 is 5.15. The average molecular weight is 220 g/mol. The number of hydrogen-bond donors (Lipinski definition) is 0. The number of hydrogen-bond acceptors (Lipinski definition) is 5. The Balaban J connectivity index is 2.16. The van der Waals surface area contributed by atoms with Gasteiger partial charge in [0.1, 0.15) is 5.78 Å². The number of aromatic nitrogens is 4. The van der Waals surface area contributed by atoms with Crippen molar-refractivity contribution in [2.24, 2.45) is 0 Å². The molecule has 0 aliphatic rings. The van der Waals surface area contributed by atoms with E-state index in [1.54, 1.807) is 25.3 Å². The van der Waals surface area contributed by atoms with Gasteiger partial charge < -0.3 is 4.42 Å². The third-order valence-electron chi connectivity index (χ3n) is 2.15. The predicted octanol–water partition coefficient (Wildman–Crippen LogP) is 1.47. The number of rotatable bonds is 4. The normalized spacial score (nSPS) is 12.6. The fourth-order valence-electron chi connectivity index (χ4n) is 1.41. The van der Waals surface area contributed by atoms with Crippen LogP contribution in [0.1, 0.15) is 26.3 Å².